The van der Waals surface area contributed by atoms with Crippen molar-refractivity contribution in [2.45, 2.75) is 56.7 Å². The second-order valence-electron chi connectivity index (χ2n) is 7.24. The maximum absolute atomic E-state index is 10.5. The first-order valence-electron chi connectivity index (χ1n) is 9.06. The van der Waals surface area contributed by atoms with E-state index in [0.29, 0.717) is 18.3 Å². The van der Waals surface area contributed by atoms with Gasteiger partial charge in [-0.3, -0.25) is 9.89 Å². The molecule has 134 valence electrons. The molecule has 1 aliphatic heterocycles. The van der Waals surface area contributed by atoms with E-state index in [4.69, 9.17) is 4.42 Å². The first kappa shape index (κ1) is 17.3. The molecule has 2 fully saturated rings. The Hall–Kier alpha value is -1.53. The van der Waals surface area contributed by atoms with Gasteiger partial charge in [0.2, 0.25) is 0 Å². The van der Waals surface area contributed by atoms with Crippen LogP contribution in [-0.2, 0) is 5.60 Å². The van der Waals surface area contributed by atoms with Crippen molar-refractivity contribution in [2.75, 3.05) is 26.7 Å². The Morgan fingerprint density at radius 3 is 2.88 bits per heavy atom. The van der Waals surface area contributed by atoms with Crippen LogP contribution in [0.5, 0.6) is 0 Å². The summed E-state index contributed by atoms with van der Waals surface area (Å²) in [5.74, 6) is 1.29. The first-order chi connectivity index (χ1) is 11.6. The molecule has 24 heavy (non-hydrogen) atoms. The lowest BCUT2D eigenvalue weighted by atomic mass is 10.0. The second-order valence-corrected chi connectivity index (χ2v) is 7.24. The summed E-state index contributed by atoms with van der Waals surface area (Å²) in [7, 11) is 1.76. The van der Waals surface area contributed by atoms with Crippen LogP contribution in [0.15, 0.2) is 27.8 Å². The molecular formula is C18H30N4O2. The molecule has 0 spiro atoms. The molecule has 6 nitrogen and oxygen atoms in total. The standard InChI is InChI=1S/C18H30N4O2/c1-18(23,16-8-5-11-24-16)13-20-17(19-2)21-14-9-10-22(12-14)15-6-3-4-7-15/h5,8,11,14-15,23H,3-4,6-7,9-10,12-13H2,1-2H3,(H2,19,20,21). The van der Waals surface area contributed by atoms with Crippen LogP contribution in [0.25, 0.3) is 0 Å². The van der Waals surface area contributed by atoms with Gasteiger partial charge in [0.05, 0.1) is 12.8 Å². The average molecular weight is 334 g/mol. The number of hydrogen-bond acceptors (Lipinski definition) is 4. The summed E-state index contributed by atoms with van der Waals surface area (Å²) >= 11 is 0. The van der Waals surface area contributed by atoms with Gasteiger partial charge >= 0.3 is 0 Å². The van der Waals surface area contributed by atoms with Gasteiger partial charge in [-0.1, -0.05) is 12.8 Å². The molecule has 1 saturated heterocycles. The van der Waals surface area contributed by atoms with E-state index in [1.165, 1.54) is 32.2 Å². The van der Waals surface area contributed by atoms with E-state index >= 15 is 0 Å². The molecule has 2 heterocycles. The number of furan rings is 1. The third kappa shape index (κ3) is 4.11. The average Bonchev–Trinajstić information content (AvgIpc) is 3.33. The van der Waals surface area contributed by atoms with Crippen molar-refractivity contribution >= 4 is 5.96 Å². The van der Waals surface area contributed by atoms with Gasteiger partial charge in [0.15, 0.2) is 5.96 Å². The van der Waals surface area contributed by atoms with Crippen LogP contribution >= 0.6 is 0 Å². The smallest absolute Gasteiger partial charge is 0.191 e. The number of nitrogens with zero attached hydrogens (tertiary/aromatic N) is 2. The van der Waals surface area contributed by atoms with Gasteiger partial charge in [0.25, 0.3) is 0 Å². The summed E-state index contributed by atoms with van der Waals surface area (Å²) in [6.45, 7) is 4.34. The van der Waals surface area contributed by atoms with Crippen molar-refractivity contribution in [3.05, 3.63) is 24.2 Å². The molecule has 6 heteroatoms. The fraction of sp³-hybridized carbons (Fsp3) is 0.722. The zero-order chi connectivity index (χ0) is 17.0. The van der Waals surface area contributed by atoms with Crippen molar-refractivity contribution < 1.29 is 9.52 Å². The van der Waals surface area contributed by atoms with Crippen LogP contribution < -0.4 is 10.6 Å². The quantitative estimate of drug-likeness (QED) is 0.564. The fourth-order valence-corrected chi connectivity index (χ4v) is 3.82. The van der Waals surface area contributed by atoms with Crippen molar-refractivity contribution in [3.8, 4) is 0 Å². The highest BCUT2D eigenvalue weighted by atomic mass is 16.4. The molecule has 1 aromatic heterocycles. The van der Waals surface area contributed by atoms with Crippen molar-refractivity contribution in [2.24, 2.45) is 4.99 Å². The summed E-state index contributed by atoms with van der Waals surface area (Å²) in [5, 5.41) is 17.2. The minimum absolute atomic E-state index is 0.346. The van der Waals surface area contributed by atoms with E-state index in [1.807, 2.05) is 0 Å². The molecule has 1 saturated carbocycles. The summed E-state index contributed by atoms with van der Waals surface area (Å²) < 4.78 is 5.31. The van der Waals surface area contributed by atoms with Gasteiger partial charge < -0.3 is 20.2 Å². The molecule has 3 rings (SSSR count). The molecule has 2 unspecified atom stereocenters. The molecule has 2 aliphatic rings. The van der Waals surface area contributed by atoms with Gasteiger partial charge in [0.1, 0.15) is 11.4 Å². The van der Waals surface area contributed by atoms with E-state index in [0.717, 1.165) is 25.0 Å². The van der Waals surface area contributed by atoms with E-state index in [1.54, 1.807) is 32.4 Å². The summed E-state index contributed by atoms with van der Waals surface area (Å²) in [6, 6.07) is 4.78. The number of hydrogen-bond donors (Lipinski definition) is 3. The first-order valence-corrected chi connectivity index (χ1v) is 9.06. The lowest BCUT2D eigenvalue weighted by molar-refractivity contribution is 0.0385. The minimum Gasteiger partial charge on any atom is -0.466 e. The van der Waals surface area contributed by atoms with Crippen LogP contribution in [0.3, 0.4) is 0 Å². The Bertz CT molecular complexity index is 535. The Labute approximate surface area is 144 Å². The van der Waals surface area contributed by atoms with Gasteiger partial charge in [0, 0.05) is 32.2 Å². The van der Waals surface area contributed by atoms with Gasteiger partial charge in [-0.25, -0.2) is 0 Å². The molecule has 1 aliphatic carbocycles. The molecule has 0 aromatic carbocycles. The maximum atomic E-state index is 10.5. The highest BCUT2D eigenvalue weighted by Gasteiger charge is 2.31. The van der Waals surface area contributed by atoms with Gasteiger partial charge in [-0.05, 0) is 38.3 Å². The fourth-order valence-electron chi connectivity index (χ4n) is 3.82. The summed E-state index contributed by atoms with van der Waals surface area (Å²) in [5.41, 5.74) is -1.06. The lowest BCUT2D eigenvalue weighted by Crippen LogP contribution is -2.48. The largest absolute Gasteiger partial charge is 0.466 e. The van der Waals surface area contributed by atoms with E-state index < -0.39 is 5.60 Å². The molecule has 2 atom stereocenters. The number of guanidine groups is 1. The zero-order valence-electron chi connectivity index (χ0n) is 14.8. The topological polar surface area (TPSA) is 73.0 Å². The Balaban J connectivity index is 1.47. The molecule has 1 aromatic rings. The van der Waals surface area contributed by atoms with E-state index in [-0.39, 0.29) is 0 Å². The Morgan fingerprint density at radius 2 is 2.21 bits per heavy atom. The number of likely N-dealkylation sites (tertiary alicyclic amines) is 1. The van der Waals surface area contributed by atoms with Crippen molar-refractivity contribution in [3.63, 3.8) is 0 Å². The molecule has 0 radical (unpaired) electrons. The zero-order valence-corrected chi connectivity index (χ0v) is 14.8. The number of rotatable bonds is 5. The highest BCUT2D eigenvalue weighted by molar-refractivity contribution is 5.80. The Morgan fingerprint density at radius 1 is 1.42 bits per heavy atom. The van der Waals surface area contributed by atoms with Crippen molar-refractivity contribution in [1.82, 2.24) is 15.5 Å². The van der Waals surface area contributed by atoms with Crippen LogP contribution in [0.1, 0.15) is 44.8 Å². The second kappa shape index (κ2) is 7.57. The number of aliphatic hydroxyl groups is 1. The lowest BCUT2D eigenvalue weighted by Gasteiger charge is -2.25. The predicted molar refractivity (Wildman–Crippen MR) is 95.0 cm³/mol. The van der Waals surface area contributed by atoms with Crippen molar-refractivity contribution in [1.29, 1.82) is 0 Å². The monoisotopic (exact) mass is 334 g/mol. The van der Waals surface area contributed by atoms with Crippen LogP contribution in [0.2, 0.25) is 0 Å². The van der Waals surface area contributed by atoms with Crippen LogP contribution in [0.4, 0.5) is 0 Å². The Kier molecular flexibility index (Phi) is 5.46. The van der Waals surface area contributed by atoms with E-state index in [9.17, 15) is 5.11 Å². The molecular weight excluding hydrogens is 304 g/mol. The minimum atomic E-state index is -1.06. The summed E-state index contributed by atoms with van der Waals surface area (Å²) in [6.07, 6.45) is 8.19. The molecule has 0 bridgehead atoms. The predicted octanol–water partition coefficient (Wildman–Crippen LogP) is 1.67. The number of nitrogens with one attached hydrogen (secondary N) is 2. The van der Waals surface area contributed by atoms with Gasteiger partial charge in [-0.2, -0.15) is 0 Å². The van der Waals surface area contributed by atoms with Crippen LogP contribution in [-0.4, -0.2) is 54.7 Å². The normalized spacial score (nSPS) is 25.8. The van der Waals surface area contributed by atoms with Gasteiger partial charge in [-0.15, -0.1) is 0 Å². The third-order valence-electron chi connectivity index (χ3n) is 5.28. The third-order valence-corrected chi connectivity index (χ3v) is 5.28. The summed E-state index contributed by atoms with van der Waals surface area (Å²) in [4.78, 5) is 6.91. The van der Waals surface area contributed by atoms with Crippen LogP contribution in [0, 0.1) is 0 Å². The maximum Gasteiger partial charge on any atom is 0.191 e. The molecule has 0 amide bonds. The number of aliphatic imine (C=N–C) groups is 1. The highest BCUT2D eigenvalue weighted by Crippen LogP contribution is 2.26. The van der Waals surface area contributed by atoms with E-state index in [2.05, 4.69) is 20.5 Å². The SMILES string of the molecule is CN=C(NCC(C)(O)c1ccco1)NC1CCN(C2CCCC2)C1. The molecule has 3 N–H and O–H groups in total.